The van der Waals surface area contributed by atoms with Crippen molar-refractivity contribution in [2.75, 3.05) is 0 Å². The van der Waals surface area contributed by atoms with E-state index in [-0.39, 0.29) is 40.2 Å². The van der Waals surface area contributed by atoms with Gasteiger partial charge < -0.3 is 19.9 Å². The zero-order chi connectivity index (χ0) is 56.8. The van der Waals surface area contributed by atoms with Crippen molar-refractivity contribution in [2.45, 2.75) is 116 Å². The van der Waals surface area contributed by atoms with Crippen LogP contribution in [0.5, 0.6) is 0 Å². The summed E-state index contributed by atoms with van der Waals surface area (Å²) in [5, 5.41) is 8.71. The van der Waals surface area contributed by atoms with Gasteiger partial charge in [-0.2, -0.15) is 22.7 Å². The van der Waals surface area contributed by atoms with Crippen LogP contribution in [0.25, 0.3) is 85.4 Å². The Morgan fingerprint density at radius 3 is 1.38 bits per heavy atom. The molecule has 0 amide bonds. The van der Waals surface area contributed by atoms with E-state index in [0.717, 1.165) is 45.0 Å². The van der Waals surface area contributed by atoms with Gasteiger partial charge in [-0.1, -0.05) is 160 Å². The van der Waals surface area contributed by atoms with Crippen molar-refractivity contribution in [3.05, 3.63) is 229 Å². The number of nitrogens with zero attached hydrogens (tertiary/aromatic N) is 4. The van der Waals surface area contributed by atoms with E-state index in [4.69, 9.17) is 9.97 Å². The van der Waals surface area contributed by atoms with Crippen molar-refractivity contribution in [3.63, 3.8) is 0 Å². The molecule has 2 saturated carbocycles. The average molecular weight is 1520 g/mol. The quantitative estimate of drug-likeness (QED) is 0.112. The van der Waals surface area contributed by atoms with Crippen molar-refractivity contribution in [1.29, 1.82) is 0 Å². The fourth-order valence-electron chi connectivity index (χ4n) is 11.6. The third-order valence-corrected chi connectivity index (χ3v) is 22.5. The third-order valence-electron chi connectivity index (χ3n) is 16.1. The molecule has 0 saturated heterocycles. The number of aromatic nitrogens is 4. The second kappa shape index (κ2) is 28.1. The molecule has 14 rings (SSSR count). The van der Waals surface area contributed by atoms with Crippen molar-refractivity contribution in [1.82, 2.24) is 19.9 Å². The van der Waals surface area contributed by atoms with E-state index in [9.17, 15) is 0 Å². The van der Waals surface area contributed by atoms with Crippen LogP contribution in [0.4, 0.5) is 0 Å². The van der Waals surface area contributed by atoms with Crippen LogP contribution in [0, 0.1) is 38.1 Å². The third kappa shape index (κ3) is 14.5. The summed E-state index contributed by atoms with van der Waals surface area (Å²) in [4.78, 5) is 18.4. The fraction of sp³-hybridized carbons (Fsp3) is 0.243. The van der Waals surface area contributed by atoms with Crippen LogP contribution in [0.2, 0.25) is 39.3 Å². The second-order valence-electron chi connectivity index (χ2n) is 24.2. The van der Waals surface area contributed by atoms with Crippen LogP contribution in [-0.2, 0) is 40.2 Å². The molecule has 6 aromatic heterocycles. The van der Waals surface area contributed by atoms with Gasteiger partial charge in [0.1, 0.15) is 0 Å². The number of hydrogen-bond acceptors (Lipinski definition) is 6. The Morgan fingerprint density at radius 1 is 0.405 bits per heavy atom. The van der Waals surface area contributed by atoms with Gasteiger partial charge in [-0.05, 0) is 129 Å². The molecule has 0 bridgehead atoms. The first-order chi connectivity index (χ1) is 39.8. The molecule has 2 radical (unpaired) electrons. The van der Waals surface area contributed by atoms with Crippen molar-refractivity contribution >= 4 is 89.5 Å². The summed E-state index contributed by atoms with van der Waals surface area (Å²) in [6.45, 7) is 18.7. The van der Waals surface area contributed by atoms with Gasteiger partial charge in [0.2, 0.25) is 0 Å². The van der Waals surface area contributed by atoms with Crippen LogP contribution in [0.1, 0.15) is 85.5 Å². The van der Waals surface area contributed by atoms with Crippen molar-refractivity contribution < 1.29 is 40.2 Å². The molecule has 0 spiro atoms. The standard InChI is InChI=1S/2C25H26NSSi.2C12H10N.2Ir/c1-28(2,3)23-13-7-12-22-24(23)20-11-6-10-19(25(20)27-22)21-15-14-18(16-26-21)17-8-4-5-9-17;1-28(2,3)23-15-13-19(25-24(23)20-10-6-7-11-22(20)27-25)21-14-12-18(16-26-21)17-8-4-5-9-17;2*1-10-7-8-12(13-9-10)11-5-3-2-4-6-11;;/h6-7,11-17H,4-5,8-9H2,1-3H3;6-7,10-12,14-17H,4-5,8-9H2,1-3H3;2*2-5,7-9H,1H3;;/q4*-1;;. The van der Waals surface area contributed by atoms with Gasteiger partial charge in [0.25, 0.3) is 0 Å². The van der Waals surface area contributed by atoms with E-state index in [1.165, 1.54) is 119 Å². The number of rotatable bonds is 8. The minimum absolute atomic E-state index is 0. The number of pyridine rings is 4. The summed E-state index contributed by atoms with van der Waals surface area (Å²) in [6.07, 6.45) is 18.7. The van der Waals surface area contributed by atoms with Crippen LogP contribution >= 0.6 is 22.7 Å². The number of hydrogen-bond donors (Lipinski definition) is 0. The molecule has 12 aromatic rings. The molecular formula is C74H72Ir2N4S2Si2-4. The summed E-state index contributed by atoms with van der Waals surface area (Å²) in [5.41, 5.74) is 13.6. The number of thiophene rings is 2. The van der Waals surface area contributed by atoms with Crippen LogP contribution in [0.3, 0.4) is 0 Å². The van der Waals surface area contributed by atoms with Crippen molar-refractivity contribution in [3.8, 4) is 45.0 Å². The van der Waals surface area contributed by atoms with E-state index >= 15 is 0 Å². The molecular weight excluding hydrogens is 1450 g/mol. The summed E-state index contributed by atoms with van der Waals surface area (Å²) in [6, 6.07) is 68.6. The van der Waals surface area contributed by atoms with Crippen LogP contribution in [-0.4, -0.2) is 36.1 Å². The number of aryl methyl sites for hydroxylation is 2. The monoisotopic (exact) mass is 1520 g/mol. The molecule has 2 fully saturated rings. The summed E-state index contributed by atoms with van der Waals surface area (Å²) < 4.78 is 5.42. The first-order valence-corrected chi connectivity index (χ1v) is 37.8. The van der Waals surface area contributed by atoms with E-state index in [1.54, 1.807) is 5.19 Å². The molecule has 0 aliphatic heterocycles. The zero-order valence-corrected chi connectivity index (χ0v) is 57.8. The first-order valence-electron chi connectivity index (χ1n) is 29.2. The van der Waals surface area contributed by atoms with Gasteiger partial charge in [-0.25, -0.2) is 0 Å². The summed E-state index contributed by atoms with van der Waals surface area (Å²) in [5.74, 6) is 1.43. The van der Waals surface area contributed by atoms with E-state index in [1.807, 2.05) is 110 Å². The van der Waals surface area contributed by atoms with Gasteiger partial charge in [0.05, 0.1) is 8.07 Å². The zero-order valence-electron chi connectivity index (χ0n) is 49.4. The Bertz CT molecular complexity index is 3990. The maximum atomic E-state index is 4.89. The SMILES string of the molecule is C[Si](C)(C)c1c[c-]c(-c2ccc(C3CCCC3)cn2)c2sc3ccccc3c12.C[Si](C)(C)c1cccc2sc3c(-c4ccc(C5CCCC5)cn4)[c-]ccc3c12.Cc1ccc(-c2[c-]cccc2)nc1.Cc1ccc(-c2[c-]cccc2)nc1.[Ir].[Ir]. The van der Waals surface area contributed by atoms with Gasteiger partial charge >= 0.3 is 0 Å². The van der Waals surface area contributed by atoms with Crippen LogP contribution in [0.15, 0.2) is 183 Å². The van der Waals surface area contributed by atoms with Crippen LogP contribution < -0.4 is 10.4 Å². The predicted molar refractivity (Wildman–Crippen MR) is 358 cm³/mol. The van der Waals surface area contributed by atoms with E-state index in [2.05, 4.69) is 183 Å². The van der Waals surface area contributed by atoms with Gasteiger partial charge in [0, 0.05) is 82.5 Å². The van der Waals surface area contributed by atoms with Gasteiger partial charge in [-0.3, -0.25) is 0 Å². The molecule has 2 aliphatic rings. The minimum atomic E-state index is -1.47. The Morgan fingerprint density at radius 2 is 0.893 bits per heavy atom. The smallest absolute Gasteiger partial charge is 0.0783 e. The fourth-order valence-corrected chi connectivity index (χ4v) is 17.4. The Hall–Kier alpha value is -5.91. The Kier molecular flexibility index (Phi) is 20.9. The van der Waals surface area contributed by atoms with Gasteiger partial charge in [-0.15, -0.1) is 118 Å². The van der Waals surface area contributed by atoms with E-state index in [0.29, 0.717) is 11.8 Å². The Balaban J connectivity index is 0.000000141. The molecule has 84 heavy (non-hydrogen) atoms. The molecule has 6 heterocycles. The number of fused-ring (bicyclic) bond motifs is 6. The predicted octanol–water partition coefficient (Wildman–Crippen LogP) is 19.9. The molecule has 10 heteroatoms. The minimum Gasteiger partial charge on any atom is -0.304 e. The van der Waals surface area contributed by atoms with E-state index < -0.39 is 16.1 Å². The largest absolute Gasteiger partial charge is 0.304 e. The Labute approximate surface area is 535 Å². The topological polar surface area (TPSA) is 51.6 Å². The number of benzene rings is 6. The molecule has 2 aliphatic carbocycles. The summed E-state index contributed by atoms with van der Waals surface area (Å²) >= 11 is 3.79. The molecule has 4 nitrogen and oxygen atoms in total. The normalized spacial score (nSPS) is 13.5. The van der Waals surface area contributed by atoms with Gasteiger partial charge in [0.15, 0.2) is 0 Å². The molecule has 430 valence electrons. The second-order valence-corrected chi connectivity index (χ2v) is 36.3. The summed E-state index contributed by atoms with van der Waals surface area (Å²) in [7, 11) is -2.89. The molecule has 0 atom stereocenters. The van der Waals surface area contributed by atoms with Crippen molar-refractivity contribution in [2.24, 2.45) is 0 Å². The molecule has 6 aromatic carbocycles. The first kappa shape index (κ1) is 62.6. The molecule has 0 N–H and O–H groups in total. The average Bonchev–Trinajstić information content (AvgIpc) is 2.39. The maximum absolute atomic E-state index is 4.89. The molecule has 0 unspecified atom stereocenters. The maximum Gasteiger partial charge on any atom is 0.0783 e.